The molecule has 0 fully saturated rings. The molecule has 0 aliphatic heterocycles. The number of halogens is 2. The first kappa shape index (κ1) is 21.5. The van der Waals surface area contributed by atoms with Crippen LogP contribution in [0.2, 0.25) is 10.0 Å². The highest BCUT2D eigenvalue weighted by Crippen LogP contribution is 2.33. The van der Waals surface area contributed by atoms with Gasteiger partial charge in [-0.25, -0.2) is 5.43 Å². The van der Waals surface area contributed by atoms with E-state index in [2.05, 4.69) is 15.8 Å². The zero-order chi connectivity index (χ0) is 21.5. The fraction of sp³-hybridized carbons (Fsp3) is 0.0909. The third kappa shape index (κ3) is 5.43. The molecule has 30 heavy (non-hydrogen) atoms. The van der Waals surface area contributed by atoms with Gasteiger partial charge in [-0.2, -0.15) is 5.10 Å². The summed E-state index contributed by atoms with van der Waals surface area (Å²) < 4.78 is 5.05. The van der Waals surface area contributed by atoms with Crippen molar-refractivity contribution in [3.8, 4) is 11.5 Å². The number of nitrogens with one attached hydrogen (secondary N) is 2. The van der Waals surface area contributed by atoms with E-state index in [0.29, 0.717) is 27.0 Å². The van der Waals surface area contributed by atoms with Gasteiger partial charge in [-0.05, 0) is 47.5 Å². The Morgan fingerprint density at radius 1 is 1.10 bits per heavy atom. The smallest absolute Gasteiger partial charge is 0.244 e. The number of methoxy groups -OCH3 is 1. The minimum atomic E-state index is -0.295. The van der Waals surface area contributed by atoms with E-state index in [4.69, 9.17) is 27.9 Å². The molecular weight excluding hydrogens is 425 g/mol. The first-order chi connectivity index (χ1) is 14.5. The van der Waals surface area contributed by atoms with Gasteiger partial charge in [-0.15, -0.1) is 0 Å². The highest BCUT2D eigenvalue weighted by molar-refractivity contribution is 6.39. The van der Waals surface area contributed by atoms with E-state index in [1.807, 2.05) is 24.3 Å². The maximum absolute atomic E-state index is 12.3. The van der Waals surface area contributed by atoms with E-state index >= 15 is 0 Å². The van der Waals surface area contributed by atoms with Crippen LogP contribution >= 0.6 is 23.2 Å². The monoisotopic (exact) mass is 443 g/mol. The van der Waals surface area contributed by atoms with Gasteiger partial charge in [-0.3, -0.25) is 4.79 Å². The van der Waals surface area contributed by atoms with Crippen molar-refractivity contribution >= 4 is 46.7 Å². The molecule has 0 unspecified atom stereocenters. The first-order valence-electron chi connectivity index (χ1n) is 8.96. The molecule has 0 radical (unpaired) electrons. The van der Waals surface area contributed by atoms with E-state index in [1.165, 1.54) is 19.4 Å². The summed E-state index contributed by atoms with van der Waals surface area (Å²) in [5.74, 6) is 0.0569. The molecule has 0 atom stereocenters. The molecule has 3 rings (SSSR count). The summed E-state index contributed by atoms with van der Waals surface area (Å²) in [5, 5.41) is 17.7. The number of ether oxygens (including phenoxy) is 1. The lowest BCUT2D eigenvalue weighted by Gasteiger charge is -2.14. The average molecular weight is 444 g/mol. The molecule has 0 heterocycles. The van der Waals surface area contributed by atoms with Gasteiger partial charge in [0.05, 0.1) is 35.5 Å². The van der Waals surface area contributed by atoms with Crippen LogP contribution in [0.15, 0.2) is 65.8 Å². The van der Waals surface area contributed by atoms with E-state index in [9.17, 15) is 9.90 Å². The van der Waals surface area contributed by atoms with Crippen molar-refractivity contribution in [1.29, 1.82) is 0 Å². The molecule has 0 aliphatic carbocycles. The fourth-order valence-corrected chi connectivity index (χ4v) is 3.21. The van der Waals surface area contributed by atoms with E-state index in [0.717, 1.165) is 11.3 Å². The van der Waals surface area contributed by atoms with E-state index < -0.39 is 0 Å². The Morgan fingerprint density at radius 3 is 2.57 bits per heavy atom. The lowest BCUT2D eigenvalue weighted by Crippen LogP contribution is -2.20. The molecule has 0 bridgehead atoms. The van der Waals surface area contributed by atoms with Gasteiger partial charge in [0.15, 0.2) is 11.5 Å². The molecule has 6 nitrogen and oxygen atoms in total. The van der Waals surface area contributed by atoms with Crippen LogP contribution in [0.3, 0.4) is 0 Å². The number of rotatable bonds is 7. The van der Waals surface area contributed by atoms with E-state index in [-0.39, 0.29) is 18.1 Å². The average Bonchev–Trinajstić information content (AvgIpc) is 2.73. The van der Waals surface area contributed by atoms with E-state index in [1.54, 1.807) is 30.3 Å². The molecule has 0 spiro atoms. The second-order valence-electron chi connectivity index (χ2n) is 6.28. The van der Waals surface area contributed by atoms with Crippen LogP contribution in [0, 0.1) is 0 Å². The zero-order valence-corrected chi connectivity index (χ0v) is 17.5. The van der Waals surface area contributed by atoms with Crippen LogP contribution in [0.5, 0.6) is 11.5 Å². The lowest BCUT2D eigenvalue weighted by atomic mass is 10.1. The fourth-order valence-electron chi connectivity index (χ4n) is 2.71. The van der Waals surface area contributed by atoms with Gasteiger partial charge in [0.25, 0.3) is 0 Å². The second kappa shape index (κ2) is 10.0. The van der Waals surface area contributed by atoms with Gasteiger partial charge in [0, 0.05) is 5.69 Å². The van der Waals surface area contributed by atoms with Crippen molar-refractivity contribution in [3.05, 3.63) is 81.8 Å². The quantitative estimate of drug-likeness (QED) is 0.348. The SMILES string of the molecule is COc1cc(/C=N/NC(=O)Cc2ccccc2Nc2c(Cl)cccc2Cl)ccc1O. The minimum Gasteiger partial charge on any atom is -0.504 e. The van der Waals surface area contributed by atoms with Crippen molar-refractivity contribution in [3.63, 3.8) is 0 Å². The molecule has 0 saturated heterocycles. The molecule has 8 heteroatoms. The topological polar surface area (TPSA) is 83.0 Å². The predicted molar refractivity (Wildman–Crippen MR) is 120 cm³/mol. The Morgan fingerprint density at radius 2 is 1.83 bits per heavy atom. The molecule has 1 amide bonds. The number of hydrogen-bond acceptors (Lipinski definition) is 5. The van der Waals surface area contributed by atoms with Crippen LogP contribution in [-0.4, -0.2) is 24.3 Å². The Kier molecular flexibility index (Phi) is 7.17. The predicted octanol–water partition coefficient (Wildman–Crippen LogP) is 5.14. The Hall–Kier alpha value is -3.22. The molecule has 3 N–H and O–H groups in total. The number of aromatic hydroxyl groups is 1. The van der Waals surface area contributed by atoms with Gasteiger partial charge in [-0.1, -0.05) is 47.5 Å². The molecule has 3 aromatic carbocycles. The summed E-state index contributed by atoms with van der Waals surface area (Å²) in [4.78, 5) is 12.3. The number of para-hydroxylation sites is 2. The molecule has 0 aromatic heterocycles. The van der Waals surface area contributed by atoms with Crippen LogP contribution in [-0.2, 0) is 11.2 Å². The van der Waals surface area contributed by atoms with Crippen molar-refractivity contribution < 1.29 is 14.6 Å². The number of phenols is 1. The summed E-state index contributed by atoms with van der Waals surface area (Å²) in [6.45, 7) is 0. The molecule has 3 aromatic rings. The molecular formula is C22H19Cl2N3O3. The summed E-state index contributed by atoms with van der Waals surface area (Å²) >= 11 is 12.5. The third-order valence-corrected chi connectivity index (χ3v) is 4.83. The Labute approximate surface area is 184 Å². The van der Waals surface area contributed by atoms with Gasteiger partial charge in [0.2, 0.25) is 5.91 Å². The van der Waals surface area contributed by atoms with Crippen molar-refractivity contribution in [1.82, 2.24) is 5.43 Å². The largest absolute Gasteiger partial charge is 0.504 e. The number of phenolic OH excluding ortho intramolecular Hbond substituents is 1. The van der Waals surface area contributed by atoms with Gasteiger partial charge >= 0.3 is 0 Å². The number of carbonyl (C=O) groups is 1. The van der Waals surface area contributed by atoms with Crippen LogP contribution < -0.4 is 15.5 Å². The number of amides is 1. The summed E-state index contributed by atoms with van der Waals surface area (Å²) in [5.41, 5.74) is 5.21. The first-order valence-corrected chi connectivity index (χ1v) is 9.71. The van der Waals surface area contributed by atoms with Crippen LogP contribution in [0.25, 0.3) is 0 Å². The van der Waals surface area contributed by atoms with Crippen molar-refractivity contribution in [2.75, 3.05) is 12.4 Å². The number of hydrazone groups is 1. The molecule has 0 saturated carbocycles. The number of anilines is 2. The minimum absolute atomic E-state index is 0.0291. The molecule has 0 aliphatic rings. The number of carbonyl (C=O) groups excluding carboxylic acids is 1. The highest BCUT2D eigenvalue weighted by atomic mass is 35.5. The highest BCUT2D eigenvalue weighted by Gasteiger charge is 2.11. The summed E-state index contributed by atoms with van der Waals surface area (Å²) in [6.07, 6.45) is 1.56. The Balaban J connectivity index is 1.67. The Bertz CT molecular complexity index is 1070. The number of benzene rings is 3. The molecule has 154 valence electrons. The second-order valence-corrected chi connectivity index (χ2v) is 7.09. The van der Waals surface area contributed by atoms with Crippen LogP contribution in [0.4, 0.5) is 11.4 Å². The van der Waals surface area contributed by atoms with Gasteiger partial charge < -0.3 is 15.2 Å². The summed E-state index contributed by atoms with van der Waals surface area (Å²) in [6, 6.07) is 17.4. The maximum Gasteiger partial charge on any atom is 0.244 e. The lowest BCUT2D eigenvalue weighted by molar-refractivity contribution is -0.120. The van der Waals surface area contributed by atoms with Gasteiger partial charge in [0.1, 0.15) is 0 Å². The standard InChI is InChI=1S/C22H19Cl2N3O3/c1-30-20-11-14(9-10-19(20)28)13-25-27-21(29)12-15-5-2-3-8-18(15)26-22-16(23)6-4-7-17(22)24/h2-11,13,26,28H,12H2,1H3,(H,27,29)/b25-13+. The van der Waals surface area contributed by atoms with Crippen LogP contribution in [0.1, 0.15) is 11.1 Å². The summed E-state index contributed by atoms with van der Waals surface area (Å²) in [7, 11) is 1.46. The third-order valence-electron chi connectivity index (χ3n) is 4.20. The normalized spacial score (nSPS) is 10.8. The zero-order valence-electron chi connectivity index (χ0n) is 16.0. The number of nitrogens with zero attached hydrogens (tertiary/aromatic N) is 1. The van der Waals surface area contributed by atoms with Crippen molar-refractivity contribution in [2.45, 2.75) is 6.42 Å². The maximum atomic E-state index is 12.3. The van der Waals surface area contributed by atoms with Crippen molar-refractivity contribution in [2.24, 2.45) is 5.10 Å². The number of hydrogen-bond donors (Lipinski definition) is 3.